The molecule has 2 N–H and O–H groups in total. The van der Waals surface area contributed by atoms with Gasteiger partial charge in [-0.2, -0.15) is 8.42 Å². The zero-order valence-electron chi connectivity index (χ0n) is 17.5. The Hall–Kier alpha value is -0.660. The van der Waals surface area contributed by atoms with Crippen molar-refractivity contribution in [2.24, 2.45) is 0 Å². The van der Waals surface area contributed by atoms with Crippen molar-refractivity contribution < 1.29 is 27.1 Å². The molecule has 0 aliphatic carbocycles. The molecule has 0 bridgehead atoms. The Morgan fingerprint density at radius 2 is 1.07 bits per heavy atom. The van der Waals surface area contributed by atoms with Gasteiger partial charge in [0, 0.05) is 6.42 Å². The summed E-state index contributed by atoms with van der Waals surface area (Å²) in [5.74, 6) is -0.670. The van der Waals surface area contributed by atoms with E-state index in [1.807, 2.05) is 0 Å². The van der Waals surface area contributed by atoms with Crippen molar-refractivity contribution in [3.8, 4) is 0 Å². The minimum Gasteiger partial charge on any atom is -0.481 e. The normalized spacial score (nSPS) is 11.1. The topological polar surface area (TPSA) is 101 Å². The number of unbranched alkanes of at least 4 members (excludes halogenated alkanes) is 13. The lowest BCUT2D eigenvalue weighted by molar-refractivity contribution is -0.137. The number of carboxylic acid groups (broad SMARTS) is 1. The van der Waals surface area contributed by atoms with E-state index in [2.05, 4.69) is 18.0 Å². The van der Waals surface area contributed by atoms with E-state index in [-0.39, 0.29) is 6.61 Å². The number of rotatable bonds is 18. The Balaban J connectivity index is 0. The molecule has 0 atom stereocenters. The van der Waals surface area contributed by atoms with Gasteiger partial charge < -0.3 is 5.11 Å². The van der Waals surface area contributed by atoms with E-state index < -0.39 is 16.4 Å². The summed E-state index contributed by atoms with van der Waals surface area (Å²) in [5.41, 5.74) is 0. The fourth-order valence-electron chi connectivity index (χ4n) is 2.63. The van der Waals surface area contributed by atoms with Crippen molar-refractivity contribution in [2.45, 2.75) is 117 Å². The molecule has 0 aromatic carbocycles. The molecule has 0 heterocycles. The first kappa shape index (κ1) is 28.5. The van der Waals surface area contributed by atoms with Crippen LogP contribution in [0.25, 0.3) is 0 Å². The highest BCUT2D eigenvalue weighted by molar-refractivity contribution is 7.80. The molecule has 0 radical (unpaired) electrons. The van der Waals surface area contributed by atoms with Crippen LogP contribution < -0.4 is 0 Å². The summed E-state index contributed by atoms with van der Waals surface area (Å²) in [5, 5.41) is 8.27. The lowest BCUT2D eigenvalue weighted by atomic mass is 10.1. The van der Waals surface area contributed by atoms with Crippen LogP contribution in [-0.4, -0.2) is 30.7 Å². The fourth-order valence-corrected chi connectivity index (χ4v) is 2.96. The van der Waals surface area contributed by atoms with E-state index in [1.165, 1.54) is 64.2 Å². The van der Waals surface area contributed by atoms with Crippen LogP contribution in [0.15, 0.2) is 0 Å². The third-order valence-electron chi connectivity index (χ3n) is 4.22. The van der Waals surface area contributed by atoms with Gasteiger partial charge in [-0.1, -0.05) is 97.3 Å². The quantitative estimate of drug-likeness (QED) is 0.207. The molecule has 0 saturated heterocycles. The molecule has 0 aliphatic rings. The Labute approximate surface area is 167 Å². The smallest absolute Gasteiger partial charge is 0.397 e. The van der Waals surface area contributed by atoms with Crippen molar-refractivity contribution in [2.75, 3.05) is 6.61 Å². The first-order chi connectivity index (χ1) is 12.8. The molecule has 0 aliphatic heterocycles. The molecule has 27 heavy (non-hydrogen) atoms. The van der Waals surface area contributed by atoms with Gasteiger partial charge in [-0.3, -0.25) is 9.35 Å². The number of hydrogen-bond donors (Lipinski definition) is 2. The van der Waals surface area contributed by atoms with Crippen molar-refractivity contribution in [1.29, 1.82) is 0 Å². The van der Waals surface area contributed by atoms with Gasteiger partial charge in [0.05, 0.1) is 6.61 Å². The highest BCUT2D eigenvalue weighted by atomic mass is 32.3. The average molecular weight is 411 g/mol. The summed E-state index contributed by atoms with van der Waals surface area (Å²) < 4.78 is 33.0. The molecule has 6 nitrogen and oxygen atoms in total. The van der Waals surface area contributed by atoms with Gasteiger partial charge in [-0.05, 0) is 12.8 Å². The van der Waals surface area contributed by atoms with Gasteiger partial charge in [0.1, 0.15) is 0 Å². The Morgan fingerprint density at radius 1 is 0.704 bits per heavy atom. The van der Waals surface area contributed by atoms with E-state index in [0.29, 0.717) is 12.8 Å². The van der Waals surface area contributed by atoms with Crippen LogP contribution >= 0.6 is 0 Å². The monoisotopic (exact) mass is 410 g/mol. The van der Waals surface area contributed by atoms with Gasteiger partial charge in [0.2, 0.25) is 0 Å². The number of hydrogen-bond acceptors (Lipinski definition) is 4. The van der Waals surface area contributed by atoms with Crippen LogP contribution in [-0.2, 0) is 19.4 Å². The second-order valence-electron chi connectivity index (χ2n) is 6.99. The number of carboxylic acids is 1. The summed E-state index contributed by atoms with van der Waals surface area (Å²) in [7, 11) is -4.23. The van der Waals surface area contributed by atoms with E-state index in [1.54, 1.807) is 0 Å². The van der Waals surface area contributed by atoms with E-state index >= 15 is 0 Å². The van der Waals surface area contributed by atoms with Gasteiger partial charge in [-0.25, -0.2) is 4.18 Å². The van der Waals surface area contributed by atoms with Gasteiger partial charge in [0.25, 0.3) is 0 Å². The maximum Gasteiger partial charge on any atom is 0.397 e. The van der Waals surface area contributed by atoms with E-state index in [9.17, 15) is 13.2 Å². The molecule has 0 aromatic heterocycles. The van der Waals surface area contributed by atoms with E-state index in [0.717, 1.165) is 25.7 Å². The minimum atomic E-state index is -4.23. The lowest BCUT2D eigenvalue weighted by Gasteiger charge is -2.02. The standard InChI is InChI=1S/C12H26O4S.C8H16O2/c1-2-3-4-5-6-7-8-9-10-11-12-16-17(13,14)15;1-2-3-4-5-6-7-8(9)10/h2-12H2,1H3,(H,13,14,15);2-7H2,1H3,(H,9,10). The highest BCUT2D eigenvalue weighted by Crippen LogP contribution is 2.10. The van der Waals surface area contributed by atoms with Crippen LogP contribution in [0.4, 0.5) is 0 Å². The highest BCUT2D eigenvalue weighted by Gasteiger charge is 2.02. The predicted molar refractivity (Wildman–Crippen MR) is 110 cm³/mol. The van der Waals surface area contributed by atoms with Crippen LogP contribution in [0.3, 0.4) is 0 Å². The first-order valence-electron chi connectivity index (χ1n) is 10.7. The molecule has 0 fully saturated rings. The van der Waals surface area contributed by atoms with Crippen LogP contribution in [0, 0.1) is 0 Å². The number of carbonyl (C=O) groups is 1. The van der Waals surface area contributed by atoms with E-state index in [4.69, 9.17) is 9.66 Å². The Morgan fingerprint density at radius 3 is 1.44 bits per heavy atom. The van der Waals surface area contributed by atoms with Crippen molar-refractivity contribution >= 4 is 16.4 Å². The Kier molecular flexibility index (Phi) is 22.9. The fraction of sp³-hybridized carbons (Fsp3) is 0.950. The van der Waals surface area contributed by atoms with Gasteiger partial charge in [-0.15, -0.1) is 0 Å². The maximum atomic E-state index is 10.2. The summed E-state index contributed by atoms with van der Waals surface area (Å²) in [6.07, 6.45) is 17.7. The molecule has 0 rings (SSSR count). The molecule has 7 heteroatoms. The summed E-state index contributed by atoms with van der Waals surface area (Å²) in [4.78, 5) is 10.0. The lowest BCUT2D eigenvalue weighted by Crippen LogP contribution is -2.04. The summed E-state index contributed by atoms with van der Waals surface area (Å²) in [6.45, 7) is 4.46. The maximum absolute atomic E-state index is 10.2. The minimum absolute atomic E-state index is 0.0926. The van der Waals surface area contributed by atoms with Crippen molar-refractivity contribution in [1.82, 2.24) is 0 Å². The van der Waals surface area contributed by atoms with Crippen molar-refractivity contribution in [3.05, 3.63) is 0 Å². The zero-order chi connectivity index (χ0) is 20.8. The van der Waals surface area contributed by atoms with Gasteiger partial charge >= 0.3 is 16.4 Å². The average Bonchev–Trinajstić information content (AvgIpc) is 2.59. The molecule has 0 saturated carbocycles. The second kappa shape index (κ2) is 21.6. The van der Waals surface area contributed by atoms with Crippen LogP contribution in [0.2, 0.25) is 0 Å². The third kappa shape index (κ3) is 33.4. The van der Waals surface area contributed by atoms with Crippen molar-refractivity contribution in [3.63, 3.8) is 0 Å². The Bertz CT molecular complexity index is 409. The molecular formula is C20H42O6S. The first-order valence-corrected chi connectivity index (χ1v) is 12.0. The molecular weight excluding hydrogens is 368 g/mol. The molecule has 164 valence electrons. The van der Waals surface area contributed by atoms with Crippen LogP contribution in [0.5, 0.6) is 0 Å². The number of aliphatic carboxylic acids is 1. The SMILES string of the molecule is CCCCCCCC(=O)O.CCCCCCCCCCCCOS(=O)(=O)O. The third-order valence-corrected chi connectivity index (χ3v) is 4.69. The summed E-state index contributed by atoms with van der Waals surface area (Å²) in [6, 6.07) is 0. The zero-order valence-corrected chi connectivity index (χ0v) is 18.3. The summed E-state index contributed by atoms with van der Waals surface area (Å²) >= 11 is 0. The van der Waals surface area contributed by atoms with Gasteiger partial charge in [0.15, 0.2) is 0 Å². The molecule has 0 unspecified atom stereocenters. The second-order valence-corrected chi connectivity index (χ2v) is 8.08. The van der Waals surface area contributed by atoms with Crippen LogP contribution in [0.1, 0.15) is 117 Å². The largest absolute Gasteiger partial charge is 0.481 e. The predicted octanol–water partition coefficient (Wildman–Crippen LogP) is 6.16. The molecule has 0 spiro atoms. The molecule has 0 aromatic rings. The molecule has 0 amide bonds.